The van der Waals surface area contributed by atoms with Crippen LogP contribution in [0.25, 0.3) is 0 Å². The molecule has 0 fully saturated rings. The van der Waals surface area contributed by atoms with Gasteiger partial charge < -0.3 is 10.7 Å². The molecule has 6 nitrogen and oxygen atoms in total. The maximum absolute atomic E-state index is 11.1. The Morgan fingerprint density at radius 1 is 1.62 bits per heavy atom. The molecule has 0 spiro atoms. The quantitative estimate of drug-likeness (QED) is 0.644. The zero-order valence-electron chi connectivity index (χ0n) is 7.81. The van der Waals surface area contributed by atoms with Crippen LogP contribution in [-0.4, -0.2) is 19.6 Å². The predicted octanol–water partition coefficient (Wildman–Crippen LogP) is 1.15. The molecule has 84 valence electrons. The van der Waals surface area contributed by atoms with E-state index in [-0.39, 0.29) is 11.4 Å². The molecule has 0 aliphatic heterocycles. The summed E-state index contributed by atoms with van der Waals surface area (Å²) in [5.41, 5.74) is 5.83. The van der Waals surface area contributed by atoms with Gasteiger partial charge in [-0.05, 0) is 0 Å². The molecule has 3 N–H and O–H groups in total. The van der Waals surface area contributed by atoms with E-state index in [4.69, 9.17) is 17.3 Å². The van der Waals surface area contributed by atoms with Gasteiger partial charge in [0.2, 0.25) is 0 Å². The molecule has 0 saturated heterocycles. The monoisotopic (exact) mass is 275 g/mol. The van der Waals surface area contributed by atoms with Crippen molar-refractivity contribution in [2.75, 3.05) is 5.73 Å². The first-order chi connectivity index (χ1) is 7.65. The lowest BCUT2D eigenvalue weighted by Gasteiger charge is -1.99. The maximum Gasteiger partial charge on any atom is 0.253 e. The fourth-order valence-corrected chi connectivity index (χ4v) is 2.56. The van der Waals surface area contributed by atoms with E-state index in [0.717, 1.165) is 11.5 Å². The second-order valence-electron chi connectivity index (χ2n) is 2.76. The SMILES string of the molecule is Nc1cc(=O)[nH]c(SCc2nnsc2Cl)n1. The number of rotatable bonds is 3. The Balaban J connectivity index is 2.10. The highest BCUT2D eigenvalue weighted by Crippen LogP contribution is 2.24. The van der Waals surface area contributed by atoms with Gasteiger partial charge in [-0.1, -0.05) is 27.9 Å². The maximum atomic E-state index is 11.1. The summed E-state index contributed by atoms with van der Waals surface area (Å²) >= 11 is 8.25. The molecule has 0 atom stereocenters. The molecule has 0 unspecified atom stereocenters. The van der Waals surface area contributed by atoms with E-state index < -0.39 is 0 Å². The number of nitrogen functional groups attached to an aromatic ring is 1. The molecule has 16 heavy (non-hydrogen) atoms. The molecule has 9 heteroatoms. The van der Waals surface area contributed by atoms with Crippen LogP contribution in [0.5, 0.6) is 0 Å². The van der Waals surface area contributed by atoms with Crippen LogP contribution >= 0.6 is 34.9 Å². The zero-order chi connectivity index (χ0) is 11.5. The number of aromatic nitrogens is 4. The van der Waals surface area contributed by atoms with E-state index in [1.807, 2.05) is 0 Å². The number of hydrogen-bond acceptors (Lipinski definition) is 7. The number of nitrogens with two attached hydrogens (primary N) is 1. The van der Waals surface area contributed by atoms with Crippen molar-refractivity contribution >= 4 is 40.7 Å². The topological polar surface area (TPSA) is 97.6 Å². The minimum Gasteiger partial charge on any atom is -0.383 e. The Hall–Kier alpha value is -1.12. The first kappa shape index (κ1) is 11.4. The fourth-order valence-electron chi connectivity index (χ4n) is 0.941. The van der Waals surface area contributed by atoms with Crippen LogP contribution < -0.4 is 11.3 Å². The molecule has 0 amide bonds. The third-order valence-electron chi connectivity index (χ3n) is 1.59. The average Bonchev–Trinajstić information content (AvgIpc) is 2.59. The predicted molar refractivity (Wildman–Crippen MR) is 63.8 cm³/mol. The number of nitrogens with zero attached hydrogens (tertiary/aromatic N) is 3. The molecule has 2 rings (SSSR count). The lowest BCUT2D eigenvalue weighted by molar-refractivity contribution is 0.942. The smallest absolute Gasteiger partial charge is 0.253 e. The van der Waals surface area contributed by atoms with Crippen molar-refractivity contribution in [3.05, 3.63) is 26.5 Å². The van der Waals surface area contributed by atoms with E-state index in [0.29, 0.717) is 20.9 Å². The first-order valence-corrected chi connectivity index (χ1v) is 6.25. The first-order valence-electron chi connectivity index (χ1n) is 4.11. The number of nitrogens with one attached hydrogen (secondary N) is 1. The van der Waals surface area contributed by atoms with E-state index in [9.17, 15) is 4.79 Å². The van der Waals surface area contributed by atoms with Gasteiger partial charge in [-0.25, -0.2) is 4.98 Å². The molecular formula is C7H6ClN5OS2. The Bertz CT molecular complexity index is 554. The van der Waals surface area contributed by atoms with Crippen molar-refractivity contribution in [1.82, 2.24) is 19.6 Å². The minimum absolute atomic E-state index is 0.189. The van der Waals surface area contributed by atoms with E-state index in [1.165, 1.54) is 17.8 Å². The van der Waals surface area contributed by atoms with Gasteiger partial charge in [-0.2, -0.15) is 0 Å². The normalized spacial score (nSPS) is 10.6. The molecule has 0 saturated carbocycles. The Labute approximate surface area is 103 Å². The van der Waals surface area contributed by atoms with Crippen LogP contribution in [0.1, 0.15) is 5.69 Å². The highest BCUT2D eigenvalue weighted by Gasteiger charge is 2.07. The van der Waals surface area contributed by atoms with Crippen LogP contribution in [-0.2, 0) is 5.75 Å². The van der Waals surface area contributed by atoms with Gasteiger partial charge in [0, 0.05) is 23.4 Å². The summed E-state index contributed by atoms with van der Waals surface area (Å²) in [5, 5.41) is 4.28. The van der Waals surface area contributed by atoms with Gasteiger partial charge in [0.05, 0.1) is 0 Å². The molecular weight excluding hydrogens is 270 g/mol. The third kappa shape index (κ3) is 2.71. The molecule has 2 aromatic heterocycles. The molecule has 0 aliphatic rings. The van der Waals surface area contributed by atoms with Crippen LogP contribution in [0, 0.1) is 0 Å². The van der Waals surface area contributed by atoms with Crippen LogP contribution in [0.4, 0.5) is 5.82 Å². The molecule has 0 radical (unpaired) electrons. The van der Waals surface area contributed by atoms with Gasteiger partial charge >= 0.3 is 0 Å². The van der Waals surface area contributed by atoms with E-state index >= 15 is 0 Å². The van der Waals surface area contributed by atoms with Crippen molar-refractivity contribution in [1.29, 1.82) is 0 Å². The lowest BCUT2D eigenvalue weighted by Crippen LogP contribution is -2.09. The molecule has 2 aromatic rings. The summed E-state index contributed by atoms with van der Waals surface area (Å²) < 4.78 is 4.24. The highest BCUT2D eigenvalue weighted by molar-refractivity contribution is 7.98. The van der Waals surface area contributed by atoms with E-state index in [1.54, 1.807) is 0 Å². The summed E-state index contributed by atoms with van der Waals surface area (Å²) in [7, 11) is 0. The van der Waals surface area contributed by atoms with Gasteiger partial charge in [-0.3, -0.25) is 4.79 Å². The fraction of sp³-hybridized carbons (Fsp3) is 0.143. The van der Waals surface area contributed by atoms with Crippen LogP contribution in [0.2, 0.25) is 4.34 Å². The molecule has 0 aliphatic carbocycles. The Kier molecular flexibility index (Phi) is 3.42. The summed E-state index contributed by atoms with van der Waals surface area (Å²) in [6, 6.07) is 1.22. The number of hydrogen-bond donors (Lipinski definition) is 2. The number of thioether (sulfide) groups is 1. The number of anilines is 1. The van der Waals surface area contributed by atoms with Gasteiger partial charge in [0.25, 0.3) is 5.56 Å². The molecule has 0 bridgehead atoms. The minimum atomic E-state index is -0.280. The molecule has 0 aromatic carbocycles. The number of halogens is 1. The Morgan fingerprint density at radius 3 is 3.06 bits per heavy atom. The second-order valence-corrected chi connectivity index (χ2v) is 5.08. The number of H-pyrrole nitrogens is 1. The third-order valence-corrected chi connectivity index (χ3v) is 3.46. The summed E-state index contributed by atoms with van der Waals surface area (Å²) in [5.74, 6) is 0.676. The highest BCUT2D eigenvalue weighted by atomic mass is 35.5. The molecule has 2 heterocycles. The van der Waals surface area contributed by atoms with Gasteiger partial charge in [0.15, 0.2) is 5.16 Å². The van der Waals surface area contributed by atoms with Crippen molar-refractivity contribution in [3.63, 3.8) is 0 Å². The van der Waals surface area contributed by atoms with E-state index in [2.05, 4.69) is 19.6 Å². The second kappa shape index (κ2) is 4.81. The average molecular weight is 276 g/mol. The standard InChI is InChI=1S/C7H6ClN5OS2/c8-6-3(12-13-16-6)2-15-7-10-4(9)1-5(14)11-7/h1H,2H2,(H3,9,10,11,14). The largest absolute Gasteiger partial charge is 0.383 e. The Morgan fingerprint density at radius 2 is 2.44 bits per heavy atom. The van der Waals surface area contributed by atoms with Gasteiger partial charge in [-0.15, -0.1) is 5.10 Å². The van der Waals surface area contributed by atoms with Crippen molar-refractivity contribution in [2.45, 2.75) is 10.9 Å². The summed E-state index contributed by atoms with van der Waals surface area (Å²) in [4.78, 5) is 17.6. The van der Waals surface area contributed by atoms with Gasteiger partial charge in [0.1, 0.15) is 15.8 Å². The summed E-state index contributed by atoms with van der Waals surface area (Å²) in [6.07, 6.45) is 0. The van der Waals surface area contributed by atoms with Crippen molar-refractivity contribution in [3.8, 4) is 0 Å². The lowest BCUT2D eigenvalue weighted by atomic mass is 10.6. The number of aromatic amines is 1. The summed E-state index contributed by atoms with van der Waals surface area (Å²) in [6.45, 7) is 0. The van der Waals surface area contributed by atoms with Crippen LogP contribution in [0.3, 0.4) is 0 Å². The zero-order valence-corrected chi connectivity index (χ0v) is 10.2. The van der Waals surface area contributed by atoms with Crippen LogP contribution in [0.15, 0.2) is 16.0 Å². The van der Waals surface area contributed by atoms with Crippen molar-refractivity contribution < 1.29 is 0 Å². The van der Waals surface area contributed by atoms with Crippen molar-refractivity contribution in [2.24, 2.45) is 0 Å².